The fourth-order valence-electron chi connectivity index (χ4n) is 2.41. The monoisotopic (exact) mass is 382 g/mol. The molecule has 0 saturated carbocycles. The van der Waals surface area contributed by atoms with Gasteiger partial charge in [0.05, 0.1) is 27.1 Å². The molecule has 0 aliphatic carbocycles. The lowest BCUT2D eigenvalue weighted by Gasteiger charge is -2.13. The van der Waals surface area contributed by atoms with Gasteiger partial charge in [-0.2, -0.15) is 0 Å². The zero-order chi connectivity index (χ0) is 15.1. The normalized spacial score (nSPS) is 12.8. The third-order valence-corrected chi connectivity index (χ3v) is 4.49. The Bertz CT molecular complexity index is 825. The number of aryl methyl sites for hydroxylation is 1. The van der Waals surface area contributed by atoms with E-state index < -0.39 is 0 Å². The van der Waals surface area contributed by atoms with Gasteiger partial charge in [0.15, 0.2) is 0 Å². The lowest BCUT2D eigenvalue weighted by Crippen LogP contribution is -2.03. The van der Waals surface area contributed by atoms with Crippen molar-refractivity contribution in [3.8, 4) is 5.69 Å². The predicted octanol–water partition coefficient (Wildman–Crippen LogP) is 6.05. The minimum Gasteiger partial charge on any atom is -0.292 e. The van der Waals surface area contributed by atoms with Crippen LogP contribution < -0.4 is 0 Å². The molecule has 0 amide bonds. The van der Waals surface area contributed by atoms with Crippen molar-refractivity contribution >= 4 is 50.2 Å². The molecule has 0 spiro atoms. The lowest BCUT2D eigenvalue weighted by molar-refractivity contribution is 0.880. The molecule has 2 nitrogen and oxygen atoms in total. The van der Waals surface area contributed by atoms with Gasteiger partial charge in [0, 0.05) is 4.47 Å². The molecule has 3 rings (SSSR count). The molecule has 2 aromatic carbocycles. The summed E-state index contributed by atoms with van der Waals surface area (Å²) in [5, 5.41) is 0.442. The second kappa shape index (κ2) is 5.64. The van der Waals surface area contributed by atoms with Gasteiger partial charge in [-0.15, -0.1) is 11.6 Å². The van der Waals surface area contributed by atoms with Gasteiger partial charge >= 0.3 is 0 Å². The average Bonchev–Trinajstić information content (AvgIpc) is 2.80. The van der Waals surface area contributed by atoms with E-state index in [1.807, 2.05) is 35.8 Å². The van der Waals surface area contributed by atoms with Crippen LogP contribution in [0.15, 0.2) is 40.9 Å². The molecule has 0 N–H and O–H groups in total. The van der Waals surface area contributed by atoms with Crippen molar-refractivity contribution < 1.29 is 0 Å². The highest BCUT2D eigenvalue weighted by Gasteiger charge is 2.19. The summed E-state index contributed by atoms with van der Waals surface area (Å²) < 4.78 is 3.01. The van der Waals surface area contributed by atoms with Crippen molar-refractivity contribution in [3.05, 3.63) is 57.3 Å². The number of alkyl halides is 1. The Hall–Kier alpha value is -1.03. The molecule has 0 aliphatic heterocycles. The quantitative estimate of drug-likeness (QED) is 0.492. The molecule has 5 heteroatoms. The van der Waals surface area contributed by atoms with Crippen molar-refractivity contribution in [2.45, 2.75) is 19.2 Å². The number of benzene rings is 2. The number of aromatic nitrogens is 2. The van der Waals surface area contributed by atoms with E-state index in [1.165, 1.54) is 5.56 Å². The molecule has 1 heterocycles. The van der Waals surface area contributed by atoms with E-state index in [9.17, 15) is 0 Å². The van der Waals surface area contributed by atoms with Crippen LogP contribution in [0.4, 0.5) is 0 Å². The van der Waals surface area contributed by atoms with Crippen LogP contribution in [0.1, 0.15) is 23.7 Å². The Labute approximate surface area is 141 Å². The maximum Gasteiger partial charge on any atom is 0.132 e. The standard InChI is InChI=1S/C16H13BrCl2N2/c1-9-6-7-14(11(17)8-9)21-15-12(19)4-3-5-13(15)20-16(21)10(2)18/h3-8,10H,1-2H3. The van der Waals surface area contributed by atoms with Crippen LogP contribution in [0.5, 0.6) is 0 Å². The molecule has 0 radical (unpaired) electrons. The summed E-state index contributed by atoms with van der Waals surface area (Å²) >= 11 is 16.3. The first-order chi connectivity index (χ1) is 9.99. The lowest BCUT2D eigenvalue weighted by atomic mass is 10.2. The minimum atomic E-state index is -0.221. The van der Waals surface area contributed by atoms with Crippen molar-refractivity contribution in [2.75, 3.05) is 0 Å². The largest absolute Gasteiger partial charge is 0.292 e. The van der Waals surface area contributed by atoms with E-state index in [4.69, 9.17) is 23.2 Å². The molecule has 0 fully saturated rings. The molecule has 0 aliphatic rings. The van der Waals surface area contributed by atoms with Gasteiger partial charge in [0.2, 0.25) is 0 Å². The molecular formula is C16H13BrCl2N2. The summed E-state index contributed by atoms with van der Waals surface area (Å²) in [7, 11) is 0. The van der Waals surface area contributed by atoms with Gasteiger partial charge in [-0.25, -0.2) is 4.98 Å². The van der Waals surface area contributed by atoms with Crippen molar-refractivity contribution in [2.24, 2.45) is 0 Å². The van der Waals surface area contributed by atoms with Crippen LogP contribution in [0.3, 0.4) is 0 Å². The van der Waals surface area contributed by atoms with Crippen molar-refractivity contribution in [1.82, 2.24) is 9.55 Å². The molecule has 108 valence electrons. The first-order valence-corrected chi connectivity index (χ1v) is 8.17. The zero-order valence-electron chi connectivity index (χ0n) is 11.6. The molecule has 21 heavy (non-hydrogen) atoms. The predicted molar refractivity (Wildman–Crippen MR) is 92.8 cm³/mol. The Morgan fingerprint density at radius 1 is 1.24 bits per heavy atom. The van der Waals surface area contributed by atoms with Gasteiger partial charge in [-0.1, -0.05) is 23.7 Å². The van der Waals surface area contributed by atoms with E-state index in [2.05, 4.69) is 40.0 Å². The maximum atomic E-state index is 6.39. The van der Waals surface area contributed by atoms with Crippen LogP contribution in [0.2, 0.25) is 5.02 Å². The van der Waals surface area contributed by atoms with E-state index in [0.717, 1.165) is 27.0 Å². The zero-order valence-corrected chi connectivity index (χ0v) is 14.7. The SMILES string of the molecule is Cc1ccc(-n2c(C(C)Cl)nc3cccc(Cl)c32)c(Br)c1. The van der Waals surface area contributed by atoms with E-state index >= 15 is 0 Å². The molecule has 1 unspecified atom stereocenters. The fraction of sp³-hybridized carbons (Fsp3) is 0.188. The molecule has 1 atom stereocenters. The van der Waals surface area contributed by atoms with Crippen LogP contribution in [-0.4, -0.2) is 9.55 Å². The smallest absolute Gasteiger partial charge is 0.132 e. The highest BCUT2D eigenvalue weighted by Crippen LogP contribution is 2.34. The molecule has 3 aromatic rings. The fourth-order valence-corrected chi connectivity index (χ4v) is 3.48. The van der Waals surface area contributed by atoms with Crippen LogP contribution in [0, 0.1) is 6.92 Å². The topological polar surface area (TPSA) is 17.8 Å². The number of hydrogen-bond donors (Lipinski definition) is 0. The third-order valence-electron chi connectivity index (χ3n) is 3.35. The van der Waals surface area contributed by atoms with E-state index in [-0.39, 0.29) is 5.38 Å². The summed E-state index contributed by atoms with van der Waals surface area (Å²) in [5.74, 6) is 0.782. The van der Waals surface area contributed by atoms with Crippen LogP contribution in [0.25, 0.3) is 16.7 Å². The van der Waals surface area contributed by atoms with Gasteiger partial charge in [0.1, 0.15) is 5.82 Å². The van der Waals surface area contributed by atoms with Gasteiger partial charge in [0.25, 0.3) is 0 Å². The first-order valence-electron chi connectivity index (χ1n) is 6.56. The van der Waals surface area contributed by atoms with Crippen molar-refractivity contribution in [3.63, 3.8) is 0 Å². The van der Waals surface area contributed by atoms with Gasteiger partial charge in [-0.05, 0) is 59.6 Å². The molecule has 0 bridgehead atoms. The molecule has 1 aromatic heterocycles. The summed E-state index contributed by atoms with van der Waals surface area (Å²) in [4.78, 5) is 4.64. The Balaban J connectivity index is 2.41. The summed E-state index contributed by atoms with van der Waals surface area (Å²) in [6, 6.07) is 11.9. The average molecular weight is 384 g/mol. The maximum absolute atomic E-state index is 6.39. The summed E-state index contributed by atoms with van der Waals surface area (Å²) in [6.07, 6.45) is 0. The number of fused-ring (bicyclic) bond motifs is 1. The highest BCUT2D eigenvalue weighted by atomic mass is 79.9. The van der Waals surface area contributed by atoms with Gasteiger partial charge < -0.3 is 0 Å². The van der Waals surface area contributed by atoms with Crippen LogP contribution >= 0.6 is 39.1 Å². The first kappa shape index (κ1) is 14.9. The number of halogens is 3. The molecular weight excluding hydrogens is 371 g/mol. The highest BCUT2D eigenvalue weighted by molar-refractivity contribution is 9.10. The Morgan fingerprint density at radius 2 is 2.00 bits per heavy atom. The molecule has 0 saturated heterocycles. The van der Waals surface area contributed by atoms with Crippen LogP contribution in [-0.2, 0) is 0 Å². The summed E-state index contributed by atoms with van der Waals surface area (Å²) in [6.45, 7) is 3.97. The number of hydrogen-bond acceptors (Lipinski definition) is 1. The Morgan fingerprint density at radius 3 is 2.67 bits per heavy atom. The second-order valence-corrected chi connectivity index (χ2v) is 6.90. The third kappa shape index (κ3) is 2.59. The van der Waals surface area contributed by atoms with E-state index in [0.29, 0.717) is 5.02 Å². The van der Waals surface area contributed by atoms with Gasteiger partial charge in [-0.3, -0.25) is 4.57 Å². The summed E-state index contributed by atoms with van der Waals surface area (Å²) in [5.41, 5.74) is 3.89. The number of nitrogens with zero attached hydrogens (tertiary/aromatic N) is 2. The van der Waals surface area contributed by atoms with E-state index in [1.54, 1.807) is 0 Å². The Kier molecular flexibility index (Phi) is 4.00. The minimum absolute atomic E-state index is 0.221. The number of rotatable bonds is 2. The number of para-hydroxylation sites is 1. The second-order valence-electron chi connectivity index (χ2n) is 4.98. The van der Waals surface area contributed by atoms with Crippen molar-refractivity contribution in [1.29, 1.82) is 0 Å². The number of imidazole rings is 1.